The summed E-state index contributed by atoms with van der Waals surface area (Å²) in [6, 6.07) is 6.84. The summed E-state index contributed by atoms with van der Waals surface area (Å²) in [4.78, 5) is 7.28. The van der Waals surface area contributed by atoms with Crippen molar-refractivity contribution in [3.8, 4) is 0 Å². The van der Waals surface area contributed by atoms with Crippen molar-refractivity contribution < 1.29 is 0 Å². The monoisotopic (exact) mass is 288 g/mol. The van der Waals surface area contributed by atoms with Gasteiger partial charge in [-0.05, 0) is 56.6 Å². The number of hydrogen-bond donors (Lipinski definition) is 1. The molecule has 1 N–H and O–H groups in total. The van der Waals surface area contributed by atoms with Gasteiger partial charge >= 0.3 is 0 Å². The fourth-order valence-corrected chi connectivity index (χ4v) is 4.08. The molecular formula is C17H24N2S. The van der Waals surface area contributed by atoms with Gasteiger partial charge in [0.1, 0.15) is 0 Å². The van der Waals surface area contributed by atoms with Gasteiger partial charge in [0.15, 0.2) is 0 Å². The van der Waals surface area contributed by atoms with Crippen LogP contribution in [0.1, 0.15) is 38.2 Å². The molecule has 1 aliphatic rings. The molecule has 3 rings (SSSR count). The lowest BCUT2D eigenvalue weighted by Gasteiger charge is -2.28. The Morgan fingerprint density at radius 1 is 1.25 bits per heavy atom. The third-order valence-corrected chi connectivity index (χ3v) is 5.69. The van der Waals surface area contributed by atoms with Crippen molar-refractivity contribution in [3.05, 3.63) is 30.0 Å². The molecule has 1 aliphatic heterocycles. The second kappa shape index (κ2) is 5.82. The smallest absolute Gasteiger partial charge is 0.0465 e. The van der Waals surface area contributed by atoms with Crippen LogP contribution >= 0.6 is 11.8 Å². The highest BCUT2D eigenvalue weighted by molar-refractivity contribution is 8.00. The minimum absolute atomic E-state index is 0.593. The van der Waals surface area contributed by atoms with Crippen molar-refractivity contribution in [1.82, 2.24) is 9.88 Å². The Kier molecular flexibility index (Phi) is 4.08. The summed E-state index contributed by atoms with van der Waals surface area (Å²) < 4.78 is 0. The molecule has 1 aromatic heterocycles. The summed E-state index contributed by atoms with van der Waals surface area (Å²) >= 11 is 2.07. The van der Waals surface area contributed by atoms with Crippen molar-refractivity contribution in [3.63, 3.8) is 0 Å². The van der Waals surface area contributed by atoms with Crippen LogP contribution in [-0.2, 0) is 0 Å². The molecular weight excluding hydrogens is 264 g/mol. The number of hydrogen-bond acceptors (Lipinski definition) is 2. The lowest BCUT2D eigenvalue weighted by molar-refractivity contribution is 0.282. The number of nitrogens with one attached hydrogen (secondary N) is 1. The molecule has 0 spiro atoms. The fraction of sp³-hybridized carbons (Fsp3) is 0.529. The molecule has 2 aromatic rings. The van der Waals surface area contributed by atoms with Crippen molar-refractivity contribution in [2.24, 2.45) is 0 Å². The first-order valence-electron chi connectivity index (χ1n) is 7.59. The van der Waals surface area contributed by atoms with Gasteiger partial charge in [0.05, 0.1) is 0 Å². The van der Waals surface area contributed by atoms with E-state index in [9.17, 15) is 0 Å². The molecule has 0 bridgehead atoms. The number of nitrogens with zero attached hydrogens (tertiary/aromatic N) is 1. The zero-order valence-corrected chi connectivity index (χ0v) is 13.5. The lowest BCUT2D eigenvalue weighted by atomic mass is 10.0. The third kappa shape index (κ3) is 2.89. The molecule has 0 amide bonds. The molecule has 0 saturated carbocycles. The predicted octanol–water partition coefficient (Wildman–Crippen LogP) is 4.48. The summed E-state index contributed by atoms with van der Waals surface area (Å²) in [5.74, 6) is 0.593. The molecule has 0 atom stereocenters. The number of benzene rings is 1. The summed E-state index contributed by atoms with van der Waals surface area (Å²) in [5, 5.41) is 2.17. The first-order valence-corrected chi connectivity index (χ1v) is 8.47. The topological polar surface area (TPSA) is 19.0 Å². The zero-order chi connectivity index (χ0) is 14.1. The Morgan fingerprint density at radius 2 is 2.00 bits per heavy atom. The Labute approximate surface area is 125 Å². The van der Waals surface area contributed by atoms with Crippen LogP contribution in [0.3, 0.4) is 0 Å². The van der Waals surface area contributed by atoms with Crippen molar-refractivity contribution in [1.29, 1.82) is 0 Å². The average Bonchev–Trinajstić information content (AvgIpc) is 2.84. The van der Waals surface area contributed by atoms with Gasteiger partial charge in [-0.15, -0.1) is 11.8 Å². The zero-order valence-electron chi connectivity index (χ0n) is 12.6. The number of H-pyrrole nitrogens is 1. The second-order valence-corrected chi connectivity index (χ2v) is 7.58. The average molecular weight is 288 g/mol. The minimum atomic E-state index is 0.593. The van der Waals surface area contributed by atoms with Gasteiger partial charge in [-0.25, -0.2) is 0 Å². The summed E-state index contributed by atoms with van der Waals surface area (Å²) in [6.07, 6.45) is 4.80. The fourth-order valence-electron chi connectivity index (χ4n) is 2.85. The molecule has 0 unspecified atom stereocenters. The minimum Gasteiger partial charge on any atom is -0.360 e. The SMILES string of the molecule is CC(C)c1ccc2[nH]cc(SC3CCN(C)CC3)c2c1. The second-order valence-electron chi connectivity index (χ2n) is 6.23. The third-order valence-electron chi connectivity index (χ3n) is 4.29. The van der Waals surface area contributed by atoms with Gasteiger partial charge in [-0.2, -0.15) is 0 Å². The van der Waals surface area contributed by atoms with Crippen LogP contribution in [0.15, 0.2) is 29.3 Å². The van der Waals surface area contributed by atoms with E-state index in [1.165, 1.54) is 47.3 Å². The van der Waals surface area contributed by atoms with E-state index in [2.05, 4.69) is 66.9 Å². The number of fused-ring (bicyclic) bond motifs is 1. The van der Waals surface area contributed by atoms with Crippen LogP contribution < -0.4 is 0 Å². The highest BCUT2D eigenvalue weighted by atomic mass is 32.2. The molecule has 3 heteroatoms. The van der Waals surface area contributed by atoms with Crippen molar-refractivity contribution in [2.45, 2.75) is 42.8 Å². The molecule has 1 fully saturated rings. The van der Waals surface area contributed by atoms with E-state index in [0.29, 0.717) is 5.92 Å². The quantitative estimate of drug-likeness (QED) is 0.898. The molecule has 0 radical (unpaired) electrons. The number of rotatable bonds is 3. The lowest BCUT2D eigenvalue weighted by Crippen LogP contribution is -2.31. The largest absolute Gasteiger partial charge is 0.360 e. The Morgan fingerprint density at radius 3 is 2.70 bits per heavy atom. The van der Waals surface area contributed by atoms with E-state index in [-0.39, 0.29) is 0 Å². The maximum atomic E-state index is 3.42. The number of piperidine rings is 1. The van der Waals surface area contributed by atoms with E-state index >= 15 is 0 Å². The van der Waals surface area contributed by atoms with Crippen LogP contribution in [0.5, 0.6) is 0 Å². The van der Waals surface area contributed by atoms with Gasteiger partial charge in [0, 0.05) is 27.2 Å². The van der Waals surface area contributed by atoms with E-state index in [1.807, 2.05) is 0 Å². The summed E-state index contributed by atoms with van der Waals surface area (Å²) in [5.41, 5.74) is 2.70. The standard InChI is InChI=1S/C17H24N2S/c1-12(2)13-4-5-16-15(10-13)17(11-18-16)20-14-6-8-19(3)9-7-14/h4-5,10-12,14,18H,6-9H2,1-3H3. The van der Waals surface area contributed by atoms with E-state index in [1.54, 1.807) is 0 Å². The van der Waals surface area contributed by atoms with Crippen LogP contribution in [0, 0.1) is 0 Å². The Bertz CT molecular complexity index is 580. The number of aromatic amines is 1. The molecule has 0 aliphatic carbocycles. The highest BCUT2D eigenvalue weighted by Crippen LogP contribution is 2.36. The number of likely N-dealkylation sites (tertiary alicyclic amines) is 1. The van der Waals surface area contributed by atoms with Crippen LogP contribution in [0.4, 0.5) is 0 Å². The maximum Gasteiger partial charge on any atom is 0.0465 e. The van der Waals surface area contributed by atoms with Crippen LogP contribution in [0.2, 0.25) is 0 Å². The predicted molar refractivity (Wildman–Crippen MR) is 88.8 cm³/mol. The number of thioether (sulfide) groups is 1. The van der Waals surface area contributed by atoms with Gasteiger partial charge in [-0.3, -0.25) is 0 Å². The molecule has 20 heavy (non-hydrogen) atoms. The molecule has 1 saturated heterocycles. The van der Waals surface area contributed by atoms with Crippen LogP contribution in [0.25, 0.3) is 10.9 Å². The molecule has 1 aromatic carbocycles. The summed E-state index contributed by atoms with van der Waals surface area (Å²) in [6.45, 7) is 6.99. The normalized spacial score (nSPS) is 18.2. The maximum absolute atomic E-state index is 3.42. The Hall–Kier alpha value is -0.930. The van der Waals surface area contributed by atoms with Crippen LogP contribution in [-0.4, -0.2) is 35.3 Å². The van der Waals surface area contributed by atoms with Gasteiger partial charge in [-0.1, -0.05) is 19.9 Å². The molecule has 2 heterocycles. The van der Waals surface area contributed by atoms with E-state index in [4.69, 9.17) is 0 Å². The van der Waals surface area contributed by atoms with E-state index < -0.39 is 0 Å². The molecule has 108 valence electrons. The first kappa shape index (κ1) is 14.0. The molecule has 2 nitrogen and oxygen atoms in total. The van der Waals surface area contributed by atoms with Gasteiger partial charge in [0.25, 0.3) is 0 Å². The summed E-state index contributed by atoms with van der Waals surface area (Å²) in [7, 11) is 2.22. The first-order chi connectivity index (χ1) is 9.63. The van der Waals surface area contributed by atoms with Crippen molar-refractivity contribution >= 4 is 22.7 Å². The van der Waals surface area contributed by atoms with Gasteiger partial charge < -0.3 is 9.88 Å². The highest BCUT2D eigenvalue weighted by Gasteiger charge is 2.19. The van der Waals surface area contributed by atoms with Crippen molar-refractivity contribution in [2.75, 3.05) is 20.1 Å². The Balaban J connectivity index is 1.82. The van der Waals surface area contributed by atoms with Gasteiger partial charge in [0.2, 0.25) is 0 Å². The van der Waals surface area contributed by atoms with E-state index in [0.717, 1.165) is 5.25 Å². The number of aromatic nitrogens is 1.